The Kier molecular flexibility index (Phi) is 6.81. The second-order valence-electron chi connectivity index (χ2n) is 4.86. The molecule has 0 saturated carbocycles. The molecule has 0 spiro atoms. The molecule has 1 aromatic carbocycles. The van der Waals surface area contributed by atoms with Crippen LogP contribution in [0.15, 0.2) is 18.2 Å². The third kappa shape index (κ3) is 4.69. The van der Waals surface area contributed by atoms with E-state index in [1.807, 2.05) is 0 Å². The van der Waals surface area contributed by atoms with E-state index in [2.05, 4.69) is 51.2 Å². The van der Waals surface area contributed by atoms with Gasteiger partial charge < -0.3 is 10.1 Å². The molecule has 0 saturated heterocycles. The first-order valence-corrected chi connectivity index (χ1v) is 7.15. The minimum atomic E-state index is 0.405. The molecule has 0 aliphatic heterocycles. The van der Waals surface area contributed by atoms with Crippen LogP contribution in [0.5, 0.6) is 5.75 Å². The highest BCUT2D eigenvalue weighted by molar-refractivity contribution is 5.37. The van der Waals surface area contributed by atoms with E-state index in [1.165, 1.54) is 24.0 Å². The van der Waals surface area contributed by atoms with Crippen molar-refractivity contribution in [3.05, 3.63) is 29.3 Å². The molecule has 0 heterocycles. The van der Waals surface area contributed by atoms with Crippen LogP contribution in [0, 0.1) is 6.92 Å². The molecule has 0 amide bonds. The Hall–Kier alpha value is -1.02. The smallest absolute Gasteiger partial charge is 0.122 e. The van der Waals surface area contributed by atoms with Crippen LogP contribution in [0.1, 0.15) is 57.2 Å². The van der Waals surface area contributed by atoms with Crippen molar-refractivity contribution in [2.75, 3.05) is 13.2 Å². The summed E-state index contributed by atoms with van der Waals surface area (Å²) in [5, 5.41) is 3.43. The number of hydrogen-bond acceptors (Lipinski definition) is 2. The Balaban J connectivity index is 2.56. The van der Waals surface area contributed by atoms with Gasteiger partial charge in [0.15, 0.2) is 0 Å². The maximum absolute atomic E-state index is 5.81. The van der Waals surface area contributed by atoms with E-state index in [9.17, 15) is 0 Å². The summed E-state index contributed by atoms with van der Waals surface area (Å²) in [5.74, 6) is 1.03. The molecule has 1 atom stereocenters. The predicted molar refractivity (Wildman–Crippen MR) is 78.3 cm³/mol. The molecule has 0 fully saturated rings. The Morgan fingerprint density at radius 3 is 2.61 bits per heavy atom. The van der Waals surface area contributed by atoms with Crippen LogP contribution in [-0.4, -0.2) is 13.2 Å². The summed E-state index contributed by atoms with van der Waals surface area (Å²) >= 11 is 0. The normalized spacial score (nSPS) is 12.4. The van der Waals surface area contributed by atoms with Crippen molar-refractivity contribution in [1.82, 2.24) is 5.32 Å². The van der Waals surface area contributed by atoms with E-state index < -0.39 is 0 Å². The van der Waals surface area contributed by atoms with Crippen molar-refractivity contribution in [1.29, 1.82) is 0 Å². The molecule has 0 aliphatic rings. The molecule has 102 valence electrons. The molecule has 2 nitrogen and oxygen atoms in total. The predicted octanol–water partition coefficient (Wildman–Crippen LogP) is 4.23. The molecule has 1 unspecified atom stereocenters. The summed E-state index contributed by atoms with van der Waals surface area (Å²) in [7, 11) is 0. The largest absolute Gasteiger partial charge is 0.493 e. The van der Waals surface area contributed by atoms with Crippen molar-refractivity contribution < 1.29 is 4.74 Å². The highest BCUT2D eigenvalue weighted by Crippen LogP contribution is 2.23. The van der Waals surface area contributed by atoms with Crippen molar-refractivity contribution >= 4 is 0 Å². The summed E-state index contributed by atoms with van der Waals surface area (Å²) < 4.78 is 5.81. The zero-order chi connectivity index (χ0) is 13.4. The fraction of sp³-hybridized carbons (Fsp3) is 0.625. The molecule has 2 heteroatoms. The molecule has 18 heavy (non-hydrogen) atoms. The number of aryl methyl sites for hydroxylation is 1. The quantitative estimate of drug-likeness (QED) is 0.696. The molecule has 1 N–H and O–H groups in total. The van der Waals surface area contributed by atoms with Gasteiger partial charge in [-0.2, -0.15) is 0 Å². The van der Waals surface area contributed by atoms with Gasteiger partial charge in [0, 0.05) is 6.04 Å². The third-order valence-electron chi connectivity index (χ3n) is 3.21. The van der Waals surface area contributed by atoms with E-state index in [0.29, 0.717) is 6.04 Å². The van der Waals surface area contributed by atoms with Gasteiger partial charge >= 0.3 is 0 Å². The molecule has 0 bridgehead atoms. The average Bonchev–Trinajstić information content (AvgIpc) is 2.36. The van der Waals surface area contributed by atoms with Gasteiger partial charge in [-0.25, -0.2) is 0 Å². The minimum absolute atomic E-state index is 0.405. The van der Waals surface area contributed by atoms with E-state index in [0.717, 1.165) is 25.3 Å². The molecule has 1 aromatic rings. The molecule has 0 radical (unpaired) electrons. The monoisotopic (exact) mass is 249 g/mol. The summed E-state index contributed by atoms with van der Waals surface area (Å²) in [4.78, 5) is 0. The van der Waals surface area contributed by atoms with E-state index in [4.69, 9.17) is 4.74 Å². The highest BCUT2D eigenvalue weighted by atomic mass is 16.5. The van der Waals surface area contributed by atoms with Gasteiger partial charge in [0.1, 0.15) is 5.75 Å². The fourth-order valence-electron chi connectivity index (χ4n) is 2.06. The van der Waals surface area contributed by atoms with Crippen molar-refractivity contribution in [3.63, 3.8) is 0 Å². The summed E-state index contributed by atoms with van der Waals surface area (Å²) in [6.45, 7) is 10.5. The van der Waals surface area contributed by atoms with Crippen LogP contribution in [0.25, 0.3) is 0 Å². The van der Waals surface area contributed by atoms with Crippen LogP contribution in [0.2, 0.25) is 0 Å². The molecule has 0 aromatic heterocycles. The molecule has 0 aliphatic carbocycles. The lowest BCUT2D eigenvalue weighted by atomic mass is 10.1. The Morgan fingerprint density at radius 2 is 2.00 bits per heavy atom. The number of benzene rings is 1. The first kappa shape index (κ1) is 15.0. The number of ether oxygens (including phenoxy) is 1. The Labute approximate surface area is 112 Å². The summed E-state index contributed by atoms with van der Waals surface area (Å²) in [6, 6.07) is 6.89. The number of hydrogen-bond donors (Lipinski definition) is 1. The van der Waals surface area contributed by atoms with Gasteiger partial charge in [-0.3, -0.25) is 0 Å². The Morgan fingerprint density at radius 1 is 1.22 bits per heavy atom. The molecule has 1 rings (SSSR count). The zero-order valence-electron chi connectivity index (χ0n) is 12.3. The van der Waals surface area contributed by atoms with Gasteiger partial charge in [-0.05, 0) is 44.0 Å². The first-order chi connectivity index (χ1) is 8.69. The summed E-state index contributed by atoms with van der Waals surface area (Å²) in [5.41, 5.74) is 2.56. The first-order valence-electron chi connectivity index (χ1n) is 7.15. The average molecular weight is 249 g/mol. The second kappa shape index (κ2) is 8.15. The van der Waals surface area contributed by atoms with Crippen LogP contribution < -0.4 is 10.1 Å². The lowest BCUT2D eigenvalue weighted by Gasteiger charge is -2.15. The van der Waals surface area contributed by atoms with Crippen molar-refractivity contribution in [2.45, 2.75) is 53.0 Å². The van der Waals surface area contributed by atoms with Crippen LogP contribution >= 0.6 is 0 Å². The van der Waals surface area contributed by atoms with Crippen LogP contribution in [-0.2, 0) is 0 Å². The van der Waals surface area contributed by atoms with Crippen LogP contribution in [0.4, 0.5) is 0 Å². The van der Waals surface area contributed by atoms with Gasteiger partial charge in [-0.15, -0.1) is 0 Å². The number of unbranched alkanes of at least 4 members (excludes halogenated alkanes) is 2. The lowest BCUT2D eigenvalue weighted by molar-refractivity contribution is 0.304. The van der Waals surface area contributed by atoms with Gasteiger partial charge in [0.05, 0.1) is 6.61 Å². The van der Waals surface area contributed by atoms with Crippen LogP contribution in [0.3, 0.4) is 0 Å². The van der Waals surface area contributed by atoms with E-state index in [-0.39, 0.29) is 0 Å². The van der Waals surface area contributed by atoms with E-state index >= 15 is 0 Å². The van der Waals surface area contributed by atoms with Crippen molar-refractivity contribution in [3.8, 4) is 5.75 Å². The fourth-order valence-corrected chi connectivity index (χ4v) is 2.06. The summed E-state index contributed by atoms with van der Waals surface area (Å²) in [6.07, 6.45) is 3.63. The lowest BCUT2D eigenvalue weighted by Crippen LogP contribution is -2.17. The standard InChI is InChI=1S/C16H27NO/c1-5-7-8-11-18-16-10-9-15(12-13(16)3)14(4)17-6-2/h9-10,12,14,17H,5-8,11H2,1-4H3. The molecular formula is C16H27NO. The minimum Gasteiger partial charge on any atom is -0.493 e. The number of rotatable bonds is 8. The molecular weight excluding hydrogens is 222 g/mol. The van der Waals surface area contributed by atoms with Gasteiger partial charge in [0.2, 0.25) is 0 Å². The van der Waals surface area contributed by atoms with E-state index in [1.54, 1.807) is 0 Å². The van der Waals surface area contributed by atoms with Gasteiger partial charge in [-0.1, -0.05) is 38.8 Å². The second-order valence-corrected chi connectivity index (χ2v) is 4.86. The maximum Gasteiger partial charge on any atom is 0.122 e. The Bertz CT molecular complexity index is 349. The topological polar surface area (TPSA) is 21.3 Å². The number of nitrogens with one attached hydrogen (secondary N) is 1. The SMILES string of the molecule is CCCCCOc1ccc(C(C)NCC)cc1C. The van der Waals surface area contributed by atoms with Gasteiger partial charge in [0.25, 0.3) is 0 Å². The highest BCUT2D eigenvalue weighted by Gasteiger charge is 2.06. The zero-order valence-corrected chi connectivity index (χ0v) is 12.3. The maximum atomic E-state index is 5.81. The third-order valence-corrected chi connectivity index (χ3v) is 3.21. The van der Waals surface area contributed by atoms with Crippen molar-refractivity contribution in [2.24, 2.45) is 0 Å².